The van der Waals surface area contributed by atoms with E-state index < -0.39 is 0 Å². The molecule has 0 aliphatic carbocycles. The largest absolute Gasteiger partial charge is 0.307 e. The molecule has 0 aliphatic heterocycles. The molecular weight excluding hydrogens is 1120 g/mol. The van der Waals surface area contributed by atoms with Crippen LogP contribution in [0.1, 0.15) is 50.1 Å². The van der Waals surface area contributed by atoms with E-state index in [2.05, 4.69) is 273 Å². The number of hydrogen-bond donors (Lipinski definition) is 0. The van der Waals surface area contributed by atoms with Crippen LogP contribution in [-0.2, 0) is 90.9 Å². The topological polar surface area (TPSA) is 51.2 Å². The third-order valence-electron chi connectivity index (χ3n) is 11.2. The molecule has 0 unspecified atom stereocenters. The minimum atomic E-state index is -0.0895. The second-order valence-electron chi connectivity index (χ2n) is 16.8. The molecule has 3 nitrogen and oxygen atoms in total. The van der Waals surface area contributed by atoms with Crippen LogP contribution in [0, 0.1) is 0 Å². The van der Waals surface area contributed by atoms with Crippen molar-refractivity contribution < 1.29 is 35.4 Å². The van der Waals surface area contributed by atoms with Crippen molar-refractivity contribution in [3.8, 4) is 0 Å². The molecule has 0 fully saturated rings. The quantitative estimate of drug-likeness (QED) is 0.0805. The van der Waals surface area contributed by atoms with Gasteiger partial charge in [0.15, 0.2) is 0 Å². The molecule has 0 radical (unpaired) electrons. The van der Waals surface area contributed by atoms with Crippen LogP contribution in [0.2, 0.25) is 0 Å². The van der Waals surface area contributed by atoms with Crippen molar-refractivity contribution in [2.24, 2.45) is 0 Å². The third kappa shape index (κ3) is 26.0. The molecule has 9 aromatic carbocycles. The molecule has 0 aliphatic rings. The Morgan fingerprint density at radius 3 is 0.342 bits per heavy atom. The summed E-state index contributed by atoms with van der Waals surface area (Å²) in [5, 5.41) is 0. The van der Waals surface area contributed by atoms with Gasteiger partial charge in [0.25, 0.3) is 0 Å². The van der Waals surface area contributed by atoms with Gasteiger partial charge in [-0.05, 0) is 106 Å². The van der Waals surface area contributed by atoms with Gasteiger partial charge in [0.2, 0.25) is 0 Å². The van der Waals surface area contributed by atoms with E-state index in [1.807, 2.05) is 20.4 Å². The van der Waals surface area contributed by atoms with E-state index in [1.54, 1.807) is 0 Å². The minimum absolute atomic E-state index is 0. The second kappa shape index (κ2) is 39.5. The number of carbonyl (C=O) groups excluding carboxylic acids is 3. The fourth-order valence-electron chi connectivity index (χ4n) is 8.08. The third-order valence-corrected chi connectivity index (χ3v) is 18.6. The number of rotatable bonds is 18. The fourth-order valence-corrected chi connectivity index (χ4v) is 15.6. The number of hydrogen-bond acceptors (Lipinski definition) is 3. The molecule has 0 aromatic heterocycles. The molecule has 0 bridgehead atoms. The van der Waals surface area contributed by atoms with Crippen LogP contribution in [-0.4, -0.2) is 20.4 Å². The van der Waals surface area contributed by atoms with Crippen LogP contribution in [0.4, 0.5) is 0 Å². The molecule has 0 N–H and O–H groups in total. The SMILES string of the molecule is C=O.C=O.C=O.[W].c1ccc(CP(Cc2ccccc2)Cc2ccccc2)cc1.c1ccc(CP(Cc2ccccc2)Cc2ccccc2)cc1.c1ccc(CP(Cc2ccccc2)Cc2ccccc2)cc1. The molecule has 0 saturated carbocycles. The van der Waals surface area contributed by atoms with Crippen LogP contribution in [0.5, 0.6) is 0 Å². The zero-order valence-electron chi connectivity index (χ0n) is 41.9. The summed E-state index contributed by atoms with van der Waals surface area (Å²) in [6.45, 7) is 6.00. The van der Waals surface area contributed by atoms with Crippen LogP contribution in [0.3, 0.4) is 0 Å². The fraction of sp³-hybridized carbons (Fsp3) is 0.136. The van der Waals surface area contributed by atoms with Crippen molar-refractivity contribution in [1.82, 2.24) is 0 Å². The van der Waals surface area contributed by atoms with Crippen LogP contribution in [0.25, 0.3) is 0 Å². The van der Waals surface area contributed by atoms with Gasteiger partial charge in [-0.2, -0.15) is 0 Å². The molecule has 0 amide bonds. The Kier molecular flexibility index (Phi) is 33.1. The molecule has 0 spiro atoms. The number of carbonyl (C=O) groups is 3. The van der Waals surface area contributed by atoms with E-state index in [-0.39, 0.29) is 44.8 Å². The predicted octanol–water partition coefficient (Wildman–Crippen LogP) is 17.6. The van der Waals surface area contributed by atoms with Crippen molar-refractivity contribution in [2.75, 3.05) is 0 Å². The first kappa shape index (κ1) is 61.3. The van der Waals surface area contributed by atoms with Gasteiger partial charge in [0.05, 0.1) is 0 Å². The van der Waals surface area contributed by atoms with E-state index in [0.29, 0.717) is 0 Å². The van der Waals surface area contributed by atoms with Gasteiger partial charge >= 0.3 is 0 Å². The molecule has 0 heterocycles. The van der Waals surface area contributed by atoms with Crippen molar-refractivity contribution in [3.63, 3.8) is 0 Å². The molecule has 7 heteroatoms. The molecule has 0 saturated heterocycles. The van der Waals surface area contributed by atoms with Crippen molar-refractivity contribution >= 4 is 44.1 Å². The van der Waals surface area contributed by atoms with E-state index in [4.69, 9.17) is 14.4 Å². The first-order valence-corrected chi connectivity index (χ1v) is 29.8. The smallest absolute Gasteiger partial charge is 0.106 e. The van der Waals surface area contributed by atoms with Crippen molar-refractivity contribution in [3.05, 3.63) is 323 Å². The number of benzene rings is 9. The zero-order valence-corrected chi connectivity index (χ0v) is 47.6. The van der Waals surface area contributed by atoms with Gasteiger partial charge in [-0.1, -0.05) is 297 Å². The monoisotopic (exact) mass is 1190 g/mol. The van der Waals surface area contributed by atoms with E-state index in [9.17, 15) is 0 Å². The maximum absolute atomic E-state index is 8.00. The Balaban J connectivity index is 0.000000273. The van der Waals surface area contributed by atoms with Crippen LogP contribution < -0.4 is 0 Å². The van der Waals surface area contributed by atoms with Gasteiger partial charge in [0.1, 0.15) is 20.4 Å². The molecule has 73 heavy (non-hydrogen) atoms. The maximum atomic E-state index is 8.00. The molecule has 0 atom stereocenters. The molecular formula is C66H69O3P3W. The van der Waals surface area contributed by atoms with E-state index in [1.165, 1.54) is 106 Å². The Bertz CT molecular complexity index is 2060. The summed E-state index contributed by atoms with van der Waals surface area (Å²) in [5.41, 5.74) is 13.1. The average molecular weight is 1190 g/mol. The van der Waals surface area contributed by atoms with Gasteiger partial charge in [-0.3, -0.25) is 0 Å². The van der Waals surface area contributed by atoms with Gasteiger partial charge in [0, 0.05) is 21.1 Å². The van der Waals surface area contributed by atoms with Crippen LogP contribution >= 0.6 is 23.8 Å². The summed E-state index contributed by atoms with van der Waals surface area (Å²) < 4.78 is 0. The first-order valence-electron chi connectivity index (χ1n) is 24.1. The standard InChI is InChI=1S/3C21H21P.3CH2O.W/c3*1-4-10-19(11-5-1)16-22(17-20-12-6-2-7-13-20)18-21-14-8-3-9-15-21;3*1-2;/h3*1-15H,16-18H2;3*1H2;. The maximum Gasteiger partial charge on any atom is 0.106 e. The Hall–Kier alpha value is -6.03. The predicted molar refractivity (Wildman–Crippen MR) is 313 cm³/mol. The summed E-state index contributed by atoms with van der Waals surface area (Å²) in [6, 6.07) is 98.1. The van der Waals surface area contributed by atoms with Crippen LogP contribution in [0.15, 0.2) is 273 Å². The Labute approximate surface area is 455 Å². The van der Waals surface area contributed by atoms with Crippen molar-refractivity contribution in [1.29, 1.82) is 0 Å². The van der Waals surface area contributed by atoms with Gasteiger partial charge in [-0.25, -0.2) is 0 Å². The van der Waals surface area contributed by atoms with E-state index >= 15 is 0 Å². The normalized spacial score (nSPS) is 9.90. The molecule has 372 valence electrons. The summed E-state index contributed by atoms with van der Waals surface area (Å²) in [6.07, 6.45) is 10.7. The average Bonchev–Trinajstić information content (AvgIpc) is 3.45. The minimum Gasteiger partial charge on any atom is -0.307 e. The molecule has 9 rings (SSSR count). The van der Waals surface area contributed by atoms with Gasteiger partial charge < -0.3 is 14.4 Å². The van der Waals surface area contributed by atoms with E-state index in [0.717, 1.165) is 0 Å². The summed E-state index contributed by atoms with van der Waals surface area (Å²) in [5.74, 6) is 0. The first-order chi connectivity index (χ1) is 35.7. The summed E-state index contributed by atoms with van der Waals surface area (Å²) in [4.78, 5) is 24.0. The second-order valence-corrected chi connectivity index (χ2v) is 23.7. The molecule has 9 aromatic rings. The Morgan fingerprint density at radius 1 is 0.178 bits per heavy atom. The summed E-state index contributed by atoms with van der Waals surface area (Å²) in [7, 11) is -0.269. The Morgan fingerprint density at radius 2 is 0.260 bits per heavy atom. The van der Waals surface area contributed by atoms with Gasteiger partial charge in [-0.15, -0.1) is 0 Å². The zero-order chi connectivity index (χ0) is 51.1. The van der Waals surface area contributed by atoms with Crippen molar-refractivity contribution in [2.45, 2.75) is 55.5 Å². The summed E-state index contributed by atoms with van der Waals surface area (Å²) >= 11 is 0.